The molecule has 3 amide bonds. The third kappa shape index (κ3) is 4.13. The predicted octanol–water partition coefficient (Wildman–Crippen LogP) is 2.99. The second kappa shape index (κ2) is 8.64. The molecule has 1 fully saturated rings. The van der Waals surface area contributed by atoms with Crippen molar-refractivity contribution in [1.82, 2.24) is 19.7 Å². The van der Waals surface area contributed by atoms with E-state index in [9.17, 15) is 9.59 Å². The van der Waals surface area contributed by atoms with Crippen LogP contribution in [0.2, 0.25) is 0 Å². The van der Waals surface area contributed by atoms with Gasteiger partial charge in [-0.2, -0.15) is 5.10 Å². The van der Waals surface area contributed by atoms with Gasteiger partial charge in [0.25, 0.3) is 0 Å². The zero-order chi connectivity index (χ0) is 22.1. The Hall–Kier alpha value is -2.98. The number of urea groups is 1. The second-order valence-corrected chi connectivity index (χ2v) is 8.52. The van der Waals surface area contributed by atoms with E-state index < -0.39 is 6.03 Å². The summed E-state index contributed by atoms with van der Waals surface area (Å²) in [5.41, 5.74) is 3.50. The summed E-state index contributed by atoms with van der Waals surface area (Å²) in [6, 6.07) is 6.46. The first-order chi connectivity index (χ1) is 14.9. The van der Waals surface area contributed by atoms with Crippen LogP contribution in [-0.4, -0.2) is 65.3 Å². The van der Waals surface area contributed by atoms with E-state index in [1.165, 1.54) is 0 Å². The van der Waals surface area contributed by atoms with Crippen LogP contribution in [0.15, 0.2) is 34.9 Å². The van der Waals surface area contributed by atoms with E-state index in [1.807, 2.05) is 20.0 Å². The van der Waals surface area contributed by atoms with Crippen molar-refractivity contribution in [3.8, 4) is 0 Å². The highest BCUT2D eigenvalue weighted by molar-refractivity contribution is 9.10. The predicted molar refractivity (Wildman–Crippen MR) is 125 cm³/mol. The lowest BCUT2D eigenvalue weighted by atomic mass is 10.1. The number of halogens is 1. The van der Waals surface area contributed by atoms with E-state index in [-0.39, 0.29) is 0 Å². The molecule has 1 aliphatic heterocycles. The Labute approximate surface area is 188 Å². The van der Waals surface area contributed by atoms with Crippen LogP contribution in [-0.2, 0) is 11.8 Å². The van der Waals surface area contributed by atoms with Crippen LogP contribution in [0.25, 0.3) is 11.0 Å². The van der Waals surface area contributed by atoms with Gasteiger partial charge in [-0.15, -0.1) is 0 Å². The number of nitrogens with zero attached hydrogens (tertiary/aromatic N) is 6. The number of likely N-dealkylation sites (N-methyl/N-ethyl adjacent to an activating group) is 1. The van der Waals surface area contributed by atoms with Crippen molar-refractivity contribution < 1.29 is 9.59 Å². The number of aromatic nitrogens is 3. The van der Waals surface area contributed by atoms with E-state index in [0.29, 0.717) is 17.8 Å². The van der Waals surface area contributed by atoms with Crippen molar-refractivity contribution in [2.75, 3.05) is 48.3 Å². The maximum absolute atomic E-state index is 13.1. The molecule has 0 radical (unpaired) electrons. The Morgan fingerprint density at radius 1 is 1.23 bits per heavy atom. The molecule has 0 spiro atoms. The maximum Gasteiger partial charge on any atom is 0.333 e. The molecule has 1 aromatic carbocycles. The molecule has 0 unspecified atom stereocenters. The van der Waals surface area contributed by atoms with Crippen molar-refractivity contribution in [3.05, 3.63) is 40.6 Å². The Morgan fingerprint density at radius 2 is 1.97 bits per heavy atom. The number of aryl methyl sites for hydroxylation is 2. The largest absolute Gasteiger partial charge is 0.367 e. The normalized spacial score (nSPS) is 14.6. The van der Waals surface area contributed by atoms with Gasteiger partial charge in [-0.05, 0) is 32.2 Å². The summed E-state index contributed by atoms with van der Waals surface area (Å²) in [5.74, 6) is 0. The van der Waals surface area contributed by atoms with Crippen molar-refractivity contribution in [3.63, 3.8) is 0 Å². The monoisotopic (exact) mass is 485 g/mol. The number of carbonyl (C=O) groups excluding carboxylic acids is 2. The number of imide groups is 1. The summed E-state index contributed by atoms with van der Waals surface area (Å²) >= 11 is 3.38. The smallest absolute Gasteiger partial charge is 0.333 e. The molecule has 3 aromatic rings. The highest BCUT2D eigenvalue weighted by Gasteiger charge is 2.25. The Kier molecular flexibility index (Phi) is 5.92. The highest BCUT2D eigenvalue weighted by atomic mass is 79.9. The van der Waals surface area contributed by atoms with Gasteiger partial charge >= 0.3 is 6.03 Å². The second-order valence-electron chi connectivity index (χ2n) is 7.60. The molecule has 31 heavy (non-hydrogen) atoms. The van der Waals surface area contributed by atoms with Crippen LogP contribution in [0.5, 0.6) is 0 Å². The summed E-state index contributed by atoms with van der Waals surface area (Å²) in [5, 5.41) is 8.33. The third-order valence-electron chi connectivity index (χ3n) is 5.47. The number of carbonyl (C=O) groups is 2. The lowest BCUT2D eigenvalue weighted by Gasteiger charge is -2.35. The number of nitrogens with one attached hydrogen (secondary N) is 1. The van der Waals surface area contributed by atoms with Gasteiger partial charge in [0.2, 0.25) is 6.41 Å². The van der Waals surface area contributed by atoms with Crippen LogP contribution >= 0.6 is 15.9 Å². The Morgan fingerprint density at radius 3 is 2.65 bits per heavy atom. The Balaban J connectivity index is 1.74. The molecule has 1 aliphatic rings. The number of amides is 3. The van der Waals surface area contributed by atoms with E-state index in [4.69, 9.17) is 0 Å². The number of hydrogen-bond donors (Lipinski definition) is 1. The van der Waals surface area contributed by atoms with Gasteiger partial charge in [0.05, 0.1) is 34.3 Å². The molecule has 162 valence electrons. The lowest BCUT2D eigenvalue weighted by Crippen LogP contribution is -2.45. The molecule has 10 heteroatoms. The van der Waals surface area contributed by atoms with Gasteiger partial charge in [-0.25, -0.2) is 14.7 Å². The van der Waals surface area contributed by atoms with Gasteiger partial charge in [-0.3, -0.25) is 9.48 Å². The quantitative estimate of drug-likeness (QED) is 0.571. The van der Waals surface area contributed by atoms with Gasteiger partial charge < -0.3 is 15.1 Å². The summed E-state index contributed by atoms with van der Waals surface area (Å²) in [6.45, 7) is 5.39. The number of anilines is 3. The van der Waals surface area contributed by atoms with Crippen molar-refractivity contribution in [1.29, 1.82) is 0 Å². The number of piperazine rings is 1. The lowest BCUT2D eigenvalue weighted by molar-refractivity contribution is -0.106. The van der Waals surface area contributed by atoms with Crippen LogP contribution in [0.1, 0.15) is 5.69 Å². The van der Waals surface area contributed by atoms with Crippen molar-refractivity contribution in [2.24, 2.45) is 7.05 Å². The minimum atomic E-state index is -0.550. The number of rotatable bonds is 4. The standard InChI is InChI=1S/C21H24BrN7O2/c1-14-18-19(28-9-7-26(2)8-10-28)17(12-23-20(18)27(3)25-14)24-21(31)29(13-30)16-6-4-5-15(22)11-16/h4-6,11-13H,7-10H2,1-3H3,(H,24,31). The van der Waals surface area contributed by atoms with Gasteiger partial charge in [-0.1, -0.05) is 22.0 Å². The minimum absolute atomic E-state index is 0.467. The average molecular weight is 486 g/mol. The van der Waals surface area contributed by atoms with E-state index in [1.54, 1.807) is 29.1 Å². The molecule has 0 atom stereocenters. The molecular weight excluding hydrogens is 462 g/mol. The van der Waals surface area contributed by atoms with E-state index in [2.05, 4.69) is 48.2 Å². The molecule has 0 aliphatic carbocycles. The fraction of sp³-hybridized carbons (Fsp3) is 0.333. The average Bonchev–Trinajstić information content (AvgIpc) is 3.03. The summed E-state index contributed by atoms with van der Waals surface area (Å²) in [6.07, 6.45) is 2.15. The molecule has 0 bridgehead atoms. The number of benzene rings is 1. The van der Waals surface area contributed by atoms with Gasteiger partial charge in [0, 0.05) is 37.7 Å². The van der Waals surface area contributed by atoms with Crippen LogP contribution in [0.3, 0.4) is 0 Å². The van der Waals surface area contributed by atoms with Crippen molar-refractivity contribution >= 4 is 56.5 Å². The third-order valence-corrected chi connectivity index (χ3v) is 5.96. The molecule has 2 aromatic heterocycles. The first-order valence-corrected chi connectivity index (χ1v) is 10.7. The van der Waals surface area contributed by atoms with Crippen molar-refractivity contribution in [2.45, 2.75) is 6.92 Å². The molecule has 4 rings (SSSR count). The number of pyridine rings is 1. The fourth-order valence-electron chi connectivity index (χ4n) is 3.87. The summed E-state index contributed by atoms with van der Waals surface area (Å²) in [4.78, 5) is 34.9. The van der Waals surface area contributed by atoms with Crippen LogP contribution < -0.4 is 15.1 Å². The number of hydrogen-bond acceptors (Lipinski definition) is 6. The molecule has 0 saturated carbocycles. The van der Waals surface area contributed by atoms with Gasteiger partial charge in [0.15, 0.2) is 5.65 Å². The molecule has 3 heterocycles. The Bertz CT molecular complexity index is 1140. The van der Waals surface area contributed by atoms with E-state index >= 15 is 0 Å². The van der Waals surface area contributed by atoms with E-state index in [0.717, 1.165) is 58.0 Å². The first-order valence-electron chi connectivity index (χ1n) is 9.96. The minimum Gasteiger partial charge on any atom is -0.367 e. The summed E-state index contributed by atoms with van der Waals surface area (Å²) < 4.78 is 2.52. The SMILES string of the molecule is Cc1nn(C)c2ncc(NC(=O)N(C=O)c3cccc(Br)c3)c(N3CCN(C)CC3)c12. The molecule has 1 N–H and O–H groups in total. The fourth-order valence-corrected chi connectivity index (χ4v) is 4.26. The zero-order valence-electron chi connectivity index (χ0n) is 17.7. The number of fused-ring (bicyclic) bond motifs is 1. The zero-order valence-corrected chi connectivity index (χ0v) is 19.3. The van der Waals surface area contributed by atoms with Gasteiger partial charge in [0.1, 0.15) is 0 Å². The molecule has 1 saturated heterocycles. The molecule has 9 nitrogen and oxygen atoms in total. The molecular formula is C21H24BrN7O2. The summed E-state index contributed by atoms with van der Waals surface area (Å²) in [7, 11) is 3.95. The topological polar surface area (TPSA) is 86.6 Å². The van der Waals surface area contributed by atoms with Crippen LogP contribution in [0.4, 0.5) is 21.9 Å². The maximum atomic E-state index is 13.1. The highest BCUT2D eigenvalue weighted by Crippen LogP contribution is 2.36. The first kappa shape index (κ1) is 21.3. The van der Waals surface area contributed by atoms with Crippen LogP contribution in [0, 0.1) is 6.92 Å².